The van der Waals surface area contributed by atoms with Crippen LogP contribution in [0.3, 0.4) is 0 Å². The topological polar surface area (TPSA) is 131 Å². The summed E-state index contributed by atoms with van der Waals surface area (Å²) in [4.78, 5) is 11.8. The van der Waals surface area contributed by atoms with Gasteiger partial charge in [-0.2, -0.15) is 4.31 Å². The Hall–Kier alpha value is -2.03. The number of sulfonamides is 2. The van der Waals surface area contributed by atoms with E-state index in [1.165, 1.54) is 42.6 Å². The summed E-state index contributed by atoms with van der Waals surface area (Å²) in [6.07, 6.45) is 0. The highest BCUT2D eigenvalue weighted by Crippen LogP contribution is 2.28. The number of morpholine rings is 1. The predicted molar refractivity (Wildman–Crippen MR) is 115 cm³/mol. The molecule has 0 radical (unpaired) electrons. The maximum atomic E-state index is 12.7. The van der Waals surface area contributed by atoms with Crippen LogP contribution in [0.4, 0.5) is 5.69 Å². The summed E-state index contributed by atoms with van der Waals surface area (Å²) < 4.78 is 65.1. The van der Waals surface area contributed by atoms with Crippen molar-refractivity contribution in [1.82, 2.24) is 9.03 Å². The molecule has 0 spiro atoms. The van der Waals surface area contributed by atoms with E-state index in [-0.39, 0.29) is 40.3 Å². The molecule has 1 fully saturated rings. The summed E-state index contributed by atoms with van der Waals surface area (Å²) in [7, 11) is -6.14. The third-order valence-corrected chi connectivity index (χ3v) is 9.28. The van der Waals surface area contributed by atoms with Crippen LogP contribution < -0.4 is 14.8 Å². The molecule has 31 heavy (non-hydrogen) atoms. The molecule has 1 aromatic carbocycles. The molecule has 1 aliphatic heterocycles. The number of hydrogen-bond donors (Lipinski definition) is 2. The Morgan fingerprint density at radius 1 is 1.16 bits per heavy atom. The number of carbonyl (C=O) groups is 1. The molecule has 0 bridgehead atoms. The first-order valence-electron chi connectivity index (χ1n) is 9.25. The van der Waals surface area contributed by atoms with Crippen molar-refractivity contribution in [1.29, 1.82) is 0 Å². The van der Waals surface area contributed by atoms with Crippen molar-refractivity contribution >= 4 is 43.0 Å². The van der Waals surface area contributed by atoms with Crippen LogP contribution in [0.1, 0.15) is 11.8 Å². The van der Waals surface area contributed by atoms with E-state index in [4.69, 9.17) is 9.47 Å². The molecule has 10 nitrogen and oxygen atoms in total. The molecule has 1 amide bonds. The van der Waals surface area contributed by atoms with Gasteiger partial charge in [-0.1, -0.05) is 0 Å². The number of amides is 1. The molecule has 0 aliphatic carbocycles. The van der Waals surface area contributed by atoms with E-state index in [9.17, 15) is 21.6 Å². The fraction of sp³-hybridized carbons (Fsp3) is 0.389. The minimum absolute atomic E-state index is 0.0604. The van der Waals surface area contributed by atoms with Crippen molar-refractivity contribution in [3.63, 3.8) is 0 Å². The molecule has 0 atom stereocenters. The summed E-state index contributed by atoms with van der Waals surface area (Å²) in [6, 6.07) is 7.15. The molecule has 3 rings (SSSR count). The maximum Gasteiger partial charge on any atom is 0.252 e. The molecule has 1 aromatic heterocycles. The Labute approximate surface area is 185 Å². The summed E-state index contributed by atoms with van der Waals surface area (Å²) >= 11 is 1.01. The van der Waals surface area contributed by atoms with Crippen molar-refractivity contribution in [3.8, 4) is 5.75 Å². The minimum atomic E-state index is -3.92. The number of ether oxygens (including phenoxy) is 2. The number of carbonyl (C=O) groups excluding carboxylic acids is 1. The van der Waals surface area contributed by atoms with Crippen LogP contribution >= 0.6 is 11.3 Å². The lowest BCUT2D eigenvalue weighted by Gasteiger charge is -2.25. The Bertz CT molecular complexity index is 1150. The number of nitrogens with one attached hydrogen (secondary N) is 2. The van der Waals surface area contributed by atoms with Gasteiger partial charge in [0.15, 0.2) is 0 Å². The number of benzene rings is 1. The fourth-order valence-electron chi connectivity index (χ4n) is 2.90. The van der Waals surface area contributed by atoms with Crippen LogP contribution in [0.2, 0.25) is 0 Å². The number of nitrogens with zero attached hydrogens (tertiary/aromatic N) is 1. The van der Waals surface area contributed by atoms with Crippen molar-refractivity contribution in [3.05, 3.63) is 35.2 Å². The Balaban J connectivity index is 1.73. The molecule has 0 unspecified atom stereocenters. The van der Waals surface area contributed by atoms with Crippen LogP contribution in [0, 0.1) is 0 Å². The Morgan fingerprint density at radius 3 is 2.52 bits per heavy atom. The number of anilines is 1. The van der Waals surface area contributed by atoms with Gasteiger partial charge < -0.3 is 14.8 Å². The summed E-state index contributed by atoms with van der Waals surface area (Å²) in [6.45, 7) is 2.50. The highest BCUT2D eigenvalue weighted by molar-refractivity contribution is 7.91. The monoisotopic (exact) mass is 489 g/mol. The highest BCUT2D eigenvalue weighted by Gasteiger charge is 2.28. The summed E-state index contributed by atoms with van der Waals surface area (Å²) in [5, 5.41) is 2.53. The van der Waals surface area contributed by atoms with Crippen LogP contribution in [-0.2, 0) is 36.1 Å². The van der Waals surface area contributed by atoms with E-state index in [2.05, 4.69) is 10.0 Å². The first kappa shape index (κ1) is 23.6. The van der Waals surface area contributed by atoms with E-state index < -0.39 is 20.0 Å². The third-order valence-electron chi connectivity index (χ3n) is 4.43. The standard InChI is InChI=1S/C18H23N3O7S3/c1-13(22)20-16-11-15(4-5-17(16)27-2)30(23,24)19-12-14-3-6-18(29-14)31(25,26)21-7-9-28-10-8-21/h3-6,11,19H,7-10,12H2,1-2H3,(H,20,22). The third kappa shape index (κ3) is 5.61. The zero-order valence-corrected chi connectivity index (χ0v) is 19.4. The van der Waals surface area contributed by atoms with Gasteiger partial charge >= 0.3 is 0 Å². The van der Waals surface area contributed by atoms with Gasteiger partial charge in [-0.05, 0) is 30.3 Å². The van der Waals surface area contributed by atoms with Gasteiger partial charge in [-0.15, -0.1) is 11.3 Å². The molecule has 2 aromatic rings. The quantitative estimate of drug-likeness (QED) is 0.570. The molecular formula is C18H23N3O7S3. The van der Waals surface area contributed by atoms with Crippen LogP contribution in [-0.4, -0.2) is 60.5 Å². The largest absolute Gasteiger partial charge is 0.495 e. The smallest absolute Gasteiger partial charge is 0.252 e. The van der Waals surface area contributed by atoms with Crippen molar-refractivity contribution in [2.24, 2.45) is 0 Å². The molecule has 13 heteroatoms. The van der Waals surface area contributed by atoms with Crippen molar-refractivity contribution < 1.29 is 31.1 Å². The van der Waals surface area contributed by atoms with Gasteiger partial charge in [0.1, 0.15) is 9.96 Å². The molecule has 1 aliphatic rings. The normalized spacial score (nSPS) is 15.5. The van der Waals surface area contributed by atoms with E-state index >= 15 is 0 Å². The average molecular weight is 490 g/mol. The molecule has 0 saturated carbocycles. The SMILES string of the molecule is COc1ccc(S(=O)(=O)NCc2ccc(S(=O)(=O)N3CCOCC3)s2)cc1NC(C)=O. The lowest BCUT2D eigenvalue weighted by atomic mass is 10.3. The fourth-order valence-corrected chi connectivity index (χ4v) is 6.88. The van der Waals surface area contributed by atoms with Gasteiger partial charge in [0, 0.05) is 31.4 Å². The van der Waals surface area contributed by atoms with E-state index in [0.717, 1.165) is 11.3 Å². The van der Waals surface area contributed by atoms with Crippen molar-refractivity contribution in [2.75, 3.05) is 38.7 Å². The lowest BCUT2D eigenvalue weighted by molar-refractivity contribution is -0.114. The van der Waals surface area contributed by atoms with Gasteiger partial charge in [-0.25, -0.2) is 21.6 Å². The Morgan fingerprint density at radius 2 is 1.87 bits per heavy atom. The second-order valence-corrected chi connectivity index (χ2v) is 11.7. The van der Waals surface area contributed by atoms with Crippen molar-refractivity contribution in [2.45, 2.75) is 22.6 Å². The minimum Gasteiger partial charge on any atom is -0.495 e. The average Bonchev–Trinajstić information content (AvgIpc) is 3.22. The number of thiophene rings is 1. The van der Waals surface area contributed by atoms with Gasteiger partial charge in [0.05, 0.1) is 30.9 Å². The van der Waals surface area contributed by atoms with Crippen LogP contribution in [0.5, 0.6) is 5.75 Å². The zero-order valence-electron chi connectivity index (χ0n) is 17.0. The van der Waals surface area contributed by atoms with E-state index in [1.807, 2.05) is 0 Å². The zero-order chi connectivity index (χ0) is 22.6. The van der Waals surface area contributed by atoms with Gasteiger partial charge in [-0.3, -0.25) is 4.79 Å². The first-order valence-corrected chi connectivity index (χ1v) is 13.0. The van der Waals surface area contributed by atoms with E-state index in [1.54, 1.807) is 6.07 Å². The summed E-state index contributed by atoms with van der Waals surface area (Å²) in [5.41, 5.74) is 0.230. The summed E-state index contributed by atoms with van der Waals surface area (Å²) in [5.74, 6) is -0.0428. The Kier molecular flexibility index (Phi) is 7.34. The first-order chi connectivity index (χ1) is 14.6. The molecule has 1 saturated heterocycles. The maximum absolute atomic E-state index is 12.7. The second kappa shape index (κ2) is 9.63. The molecular weight excluding hydrogens is 466 g/mol. The van der Waals surface area contributed by atoms with Gasteiger partial charge in [0.2, 0.25) is 15.9 Å². The second-order valence-electron chi connectivity index (χ2n) is 6.61. The number of methoxy groups -OCH3 is 1. The molecule has 170 valence electrons. The van der Waals surface area contributed by atoms with Gasteiger partial charge in [0.25, 0.3) is 10.0 Å². The molecule has 2 N–H and O–H groups in total. The number of rotatable bonds is 8. The van der Waals surface area contributed by atoms with Crippen LogP contribution in [0.15, 0.2) is 39.4 Å². The molecule has 2 heterocycles. The number of hydrogen-bond acceptors (Lipinski definition) is 8. The predicted octanol–water partition coefficient (Wildman–Crippen LogP) is 1.21. The van der Waals surface area contributed by atoms with Crippen LogP contribution in [0.25, 0.3) is 0 Å². The highest BCUT2D eigenvalue weighted by atomic mass is 32.2. The lowest BCUT2D eigenvalue weighted by Crippen LogP contribution is -2.40. The van der Waals surface area contributed by atoms with E-state index in [0.29, 0.717) is 23.8 Å².